The van der Waals surface area contributed by atoms with Gasteiger partial charge in [-0.1, -0.05) is 6.92 Å². The fraction of sp³-hybridized carbons (Fsp3) is 0.400. The van der Waals surface area contributed by atoms with Crippen molar-refractivity contribution in [3.63, 3.8) is 0 Å². The monoisotopic (exact) mass is 275 g/mol. The predicted octanol–water partition coefficient (Wildman–Crippen LogP) is 3.02. The van der Waals surface area contributed by atoms with Crippen LogP contribution in [-0.4, -0.2) is 16.9 Å². The smallest absolute Gasteiger partial charge is 0.143 e. The van der Waals surface area contributed by atoms with Crippen LogP contribution in [0.4, 0.5) is 5.69 Å². The number of benzene rings is 1. The zero-order valence-electron chi connectivity index (χ0n) is 12.2. The Labute approximate surface area is 119 Å². The van der Waals surface area contributed by atoms with E-state index in [0.29, 0.717) is 24.1 Å². The molecule has 1 aromatic heterocycles. The van der Waals surface area contributed by atoms with Crippen LogP contribution in [0.2, 0.25) is 0 Å². The van der Waals surface area contributed by atoms with Crippen molar-refractivity contribution in [2.75, 3.05) is 12.8 Å². The number of rotatable bonds is 6. The van der Waals surface area contributed by atoms with Crippen molar-refractivity contribution in [2.24, 2.45) is 0 Å². The van der Waals surface area contributed by atoms with E-state index in [0.717, 1.165) is 17.9 Å². The summed E-state index contributed by atoms with van der Waals surface area (Å²) in [5.41, 5.74) is 7.36. The molecule has 1 heterocycles. The molecule has 0 saturated carbocycles. The second-order valence-electron chi connectivity index (χ2n) is 4.74. The predicted molar refractivity (Wildman–Crippen MR) is 79.0 cm³/mol. The molecule has 0 aliphatic carbocycles. The summed E-state index contributed by atoms with van der Waals surface area (Å²) in [5.74, 6) is 1.36. The SMILES string of the molecule is CCC(C)n1ccc(COc2ccc(OC)cc2N)n1. The fourth-order valence-electron chi connectivity index (χ4n) is 1.82. The molecule has 1 atom stereocenters. The molecular weight excluding hydrogens is 254 g/mol. The van der Waals surface area contributed by atoms with E-state index in [2.05, 4.69) is 18.9 Å². The van der Waals surface area contributed by atoms with Gasteiger partial charge in [0.2, 0.25) is 0 Å². The quantitative estimate of drug-likeness (QED) is 0.823. The summed E-state index contributed by atoms with van der Waals surface area (Å²) < 4.78 is 12.8. The van der Waals surface area contributed by atoms with E-state index in [1.165, 1.54) is 0 Å². The molecule has 108 valence electrons. The molecule has 1 unspecified atom stereocenters. The Kier molecular flexibility index (Phi) is 4.50. The van der Waals surface area contributed by atoms with Crippen molar-refractivity contribution in [1.82, 2.24) is 9.78 Å². The molecular formula is C15H21N3O2. The third kappa shape index (κ3) is 3.23. The first kappa shape index (κ1) is 14.2. The highest BCUT2D eigenvalue weighted by Gasteiger charge is 2.07. The third-order valence-corrected chi connectivity index (χ3v) is 3.30. The summed E-state index contributed by atoms with van der Waals surface area (Å²) in [7, 11) is 1.61. The van der Waals surface area contributed by atoms with Gasteiger partial charge in [-0.05, 0) is 31.5 Å². The minimum absolute atomic E-state index is 0.398. The Morgan fingerprint density at radius 1 is 1.35 bits per heavy atom. The Morgan fingerprint density at radius 3 is 2.80 bits per heavy atom. The summed E-state index contributed by atoms with van der Waals surface area (Å²) in [5, 5.41) is 4.49. The number of aromatic nitrogens is 2. The van der Waals surface area contributed by atoms with Crippen LogP contribution in [0.3, 0.4) is 0 Å². The maximum Gasteiger partial charge on any atom is 0.143 e. The summed E-state index contributed by atoms with van der Waals surface area (Å²) in [4.78, 5) is 0. The highest BCUT2D eigenvalue weighted by molar-refractivity contribution is 5.56. The number of methoxy groups -OCH3 is 1. The molecule has 0 aliphatic heterocycles. The lowest BCUT2D eigenvalue weighted by Gasteiger charge is -2.10. The lowest BCUT2D eigenvalue weighted by atomic mass is 10.3. The maximum absolute atomic E-state index is 5.91. The summed E-state index contributed by atoms with van der Waals surface area (Å²) >= 11 is 0. The molecule has 0 bridgehead atoms. The Morgan fingerprint density at radius 2 is 2.15 bits per heavy atom. The van der Waals surface area contributed by atoms with Gasteiger partial charge < -0.3 is 15.2 Å². The van der Waals surface area contributed by atoms with Gasteiger partial charge in [0.25, 0.3) is 0 Å². The molecule has 5 heteroatoms. The highest BCUT2D eigenvalue weighted by Crippen LogP contribution is 2.26. The third-order valence-electron chi connectivity index (χ3n) is 3.30. The van der Waals surface area contributed by atoms with Gasteiger partial charge >= 0.3 is 0 Å². The second kappa shape index (κ2) is 6.32. The van der Waals surface area contributed by atoms with Gasteiger partial charge in [-0.25, -0.2) is 0 Å². The van der Waals surface area contributed by atoms with Crippen molar-refractivity contribution < 1.29 is 9.47 Å². The summed E-state index contributed by atoms with van der Waals surface area (Å²) in [6.07, 6.45) is 3.03. The van der Waals surface area contributed by atoms with Gasteiger partial charge in [0.15, 0.2) is 0 Å². The molecule has 2 N–H and O–H groups in total. The van der Waals surface area contributed by atoms with Gasteiger partial charge in [-0.2, -0.15) is 5.10 Å². The van der Waals surface area contributed by atoms with Crippen molar-refractivity contribution in [3.8, 4) is 11.5 Å². The highest BCUT2D eigenvalue weighted by atomic mass is 16.5. The van der Waals surface area contributed by atoms with E-state index in [4.69, 9.17) is 15.2 Å². The van der Waals surface area contributed by atoms with E-state index in [-0.39, 0.29) is 0 Å². The first-order chi connectivity index (χ1) is 9.63. The van der Waals surface area contributed by atoms with E-state index < -0.39 is 0 Å². The van der Waals surface area contributed by atoms with Gasteiger partial charge in [0.1, 0.15) is 18.1 Å². The van der Waals surface area contributed by atoms with Crippen LogP contribution in [0.15, 0.2) is 30.5 Å². The average molecular weight is 275 g/mol. The first-order valence-corrected chi connectivity index (χ1v) is 6.74. The average Bonchev–Trinajstić information content (AvgIpc) is 2.94. The molecule has 2 aromatic rings. The second-order valence-corrected chi connectivity index (χ2v) is 4.74. The molecule has 0 radical (unpaired) electrons. The zero-order chi connectivity index (χ0) is 14.5. The van der Waals surface area contributed by atoms with Crippen LogP contribution in [0.1, 0.15) is 32.0 Å². The van der Waals surface area contributed by atoms with Crippen LogP contribution in [0, 0.1) is 0 Å². The first-order valence-electron chi connectivity index (χ1n) is 6.74. The van der Waals surface area contributed by atoms with Crippen LogP contribution in [0.25, 0.3) is 0 Å². The normalized spacial score (nSPS) is 12.2. The minimum Gasteiger partial charge on any atom is -0.497 e. The standard InChI is InChI=1S/C15H21N3O2/c1-4-11(2)18-8-7-12(17-18)10-20-15-6-5-13(19-3)9-14(15)16/h5-9,11H,4,10,16H2,1-3H3. The number of anilines is 1. The van der Waals surface area contributed by atoms with Crippen molar-refractivity contribution in [3.05, 3.63) is 36.2 Å². The number of nitrogens with zero attached hydrogens (tertiary/aromatic N) is 2. The number of ether oxygens (including phenoxy) is 2. The van der Waals surface area contributed by atoms with E-state index >= 15 is 0 Å². The molecule has 0 fully saturated rings. The summed E-state index contributed by atoms with van der Waals surface area (Å²) in [6, 6.07) is 7.73. The maximum atomic E-state index is 5.91. The van der Waals surface area contributed by atoms with Gasteiger partial charge in [-0.15, -0.1) is 0 Å². The van der Waals surface area contributed by atoms with Crippen molar-refractivity contribution in [1.29, 1.82) is 0 Å². The van der Waals surface area contributed by atoms with Crippen molar-refractivity contribution >= 4 is 5.69 Å². The number of nitrogens with two attached hydrogens (primary N) is 1. The fourth-order valence-corrected chi connectivity index (χ4v) is 1.82. The van der Waals surface area contributed by atoms with Crippen LogP contribution in [0.5, 0.6) is 11.5 Å². The molecule has 0 aliphatic rings. The number of nitrogen functional groups attached to an aromatic ring is 1. The van der Waals surface area contributed by atoms with E-state index in [9.17, 15) is 0 Å². The van der Waals surface area contributed by atoms with Crippen molar-refractivity contribution in [2.45, 2.75) is 32.9 Å². The minimum atomic E-state index is 0.398. The molecule has 2 rings (SSSR count). The van der Waals surface area contributed by atoms with E-state index in [1.54, 1.807) is 19.2 Å². The lowest BCUT2D eigenvalue weighted by molar-refractivity contribution is 0.299. The lowest BCUT2D eigenvalue weighted by Crippen LogP contribution is -2.06. The Bertz CT molecular complexity index is 566. The van der Waals surface area contributed by atoms with Gasteiger partial charge in [0, 0.05) is 18.3 Å². The molecule has 0 spiro atoms. The molecule has 1 aromatic carbocycles. The van der Waals surface area contributed by atoms with Crippen LogP contribution in [-0.2, 0) is 6.61 Å². The molecule has 0 saturated heterocycles. The molecule has 20 heavy (non-hydrogen) atoms. The van der Waals surface area contributed by atoms with Gasteiger partial charge in [-0.3, -0.25) is 4.68 Å². The van der Waals surface area contributed by atoms with E-state index in [1.807, 2.05) is 23.0 Å². The summed E-state index contributed by atoms with van der Waals surface area (Å²) in [6.45, 7) is 4.68. The van der Waals surface area contributed by atoms with Crippen LogP contribution < -0.4 is 15.2 Å². The Balaban J connectivity index is 2.00. The Hall–Kier alpha value is -2.17. The number of hydrogen-bond acceptors (Lipinski definition) is 4. The van der Waals surface area contributed by atoms with Crippen LogP contribution >= 0.6 is 0 Å². The largest absolute Gasteiger partial charge is 0.497 e. The zero-order valence-corrected chi connectivity index (χ0v) is 12.2. The van der Waals surface area contributed by atoms with Gasteiger partial charge in [0.05, 0.1) is 18.5 Å². The topological polar surface area (TPSA) is 62.3 Å². The molecule has 5 nitrogen and oxygen atoms in total. The number of hydrogen-bond donors (Lipinski definition) is 1. The molecule has 0 amide bonds.